The molecule has 0 saturated carbocycles. The van der Waals surface area contributed by atoms with Crippen molar-refractivity contribution in [2.45, 2.75) is 44.6 Å². The van der Waals surface area contributed by atoms with Gasteiger partial charge in [0.15, 0.2) is 0 Å². The van der Waals surface area contributed by atoms with E-state index in [9.17, 15) is 19.5 Å². The van der Waals surface area contributed by atoms with Crippen molar-refractivity contribution in [3.05, 3.63) is 35.4 Å². The van der Waals surface area contributed by atoms with Gasteiger partial charge < -0.3 is 14.9 Å². The van der Waals surface area contributed by atoms with Crippen molar-refractivity contribution in [2.75, 3.05) is 19.6 Å². The number of carboxylic acids is 1. The highest BCUT2D eigenvalue weighted by atomic mass is 16.4. The number of hydrogen-bond acceptors (Lipinski definition) is 3. The molecule has 0 unspecified atom stereocenters. The topological polar surface area (TPSA) is 77.9 Å². The van der Waals surface area contributed by atoms with Crippen LogP contribution in [0, 0.1) is 0 Å². The van der Waals surface area contributed by atoms with Crippen LogP contribution in [0.2, 0.25) is 0 Å². The number of hydrogen-bond donors (Lipinski definition) is 1. The highest BCUT2D eigenvalue weighted by Crippen LogP contribution is 2.19. The average molecular weight is 344 g/mol. The van der Waals surface area contributed by atoms with Crippen LogP contribution >= 0.6 is 0 Å². The number of benzene rings is 1. The first-order valence-corrected chi connectivity index (χ1v) is 8.92. The number of aliphatic carboxylic acids is 1. The monoisotopic (exact) mass is 344 g/mol. The second-order valence-corrected chi connectivity index (χ2v) is 6.84. The molecule has 6 heteroatoms. The van der Waals surface area contributed by atoms with E-state index in [0.29, 0.717) is 19.4 Å². The average Bonchev–Trinajstić information content (AvgIpc) is 3.27. The molecule has 0 radical (unpaired) electrons. The van der Waals surface area contributed by atoms with Gasteiger partial charge in [0.25, 0.3) is 0 Å². The SMILES string of the molecule is O=C(O)[C@H]1CCCN1C(=O)Cc1cccc(CC(=O)N2CCCC2)c1. The lowest BCUT2D eigenvalue weighted by Crippen LogP contribution is -2.41. The predicted octanol–water partition coefficient (Wildman–Crippen LogP) is 1.47. The van der Waals surface area contributed by atoms with Crippen LogP contribution in [0.15, 0.2) is 24.3 Å². The third-order valence-electron chi connectivity index (χ3n) is 5.02. The molecule has 1 aromatic carbocycles. The summed E-state index contributed by atoms with van der Waals surface area (Å²) in [5, 5.41) is 9.21. The summed E-state index contributed by atoms with van der Waals surface area (Å²) in [4.78, 5) is 39.3. The van der Waals surface area contributed by atoms with E-state index in [2.05, 4.69) is 0 Å². The molecule has 2 heterocycles. The maximum Gasteiger partial charge on any atom is 0.326 e. The number of likely N-dealkylation sites (tertiary alicyclic amines) is 2. The maximum atomic E-state index is 12.5. The molecule has 6 nitrogen and oxygen atoms in total. The Balaban J connectivity index is 1.62. The Morgan fingerprint density at radius 1 is 0.960 bits per heavy atom. The number of rotatable bonds is 5. The Kier molecular flexibility index (Phi) is 5.36. The fourth-order valence-electron chi connectivity index (χ4n) is 3.70. The van der Waals surface area contributed by atoms with Gasteiger partial charge in [-0.3, -0.25) is 9.59 Å². The van der Waals surface area contributed by atoms with Crippen molar-refractivity contribution in [3.63, 3.8) is 0 Å². The minimum Gasteiger partial charge on any atom is -0.480 e. The summed E-state index contributed by atoms with van der Waals surface area (Å²) < 4.78 is 0. The first-order chi connectivity index (χ1) is 12.0. The van der Waals surface area contributed by atoms with Gasteiger partial charge in [-0.25, -0.2) is 4.79 Å². The standard InChI is InChI=1S/C19H24N2O4/c22-17(20-8-1-2-9-20)12-14-5-3-6-15(11-14)13-18(23)21-10-4-7-16(21)19(24)25/h3,5-6,11,16H,1-2,4,7-10,12-13H2,(H,24,25)/t16-/m1/s1. The van der Waals surface area contributed by atoms with Crippen molar-refractivity contribution in [1.82, 2.24) is 9.80 Å². The van der Waals surface area contributed by atoms with Crippen molar-refractivity contribution in [1.29, 1.82) is 0 Å². The molecule has 2 saturated heterocycles. The first-order valence-electron chi connectivity index (χ1n) is 8.92. The Morgan fingerprint density at radius 3 is 2.24 bits per heavy atom. The summed E-state index contributed by atoms with van der Waals surface area (Å²) in [6.45, 7) is 2.17. The van der Waals surface area contributed by atoms with Crippen LogP contribution in [0.25, 0.3) is 0 Å². The molecular weight excluding hydrogens is 320 g/mol. The first kappa shape index (κ1) is 17.5. The van der Waals surface area contributed by atoms with Crippen LogP contribution < -0.4 is 0 Å². The van der Waals surface area contributed by atoms with E-state index in [-0.39, 0.29) is 18.2 Å². The van der Waals surface area contributed by atoms with Gasteiger partial charge >= 0.3 is 5.97 Å². The van der Waals surface area contributed by atoms with Crippen LogP contribution in [0.5, 0.6) is 0 Å². The molecule has 2 aliphatic heterocycles. The summed E-state index contributed by atoms with van der Waals surface area (Å²) in [5.41, 5.74) is 1.73. The van der Waals surface area contributed by atoms with Gasteiger partial charge in [-0.2, -0.15) is 0 Å². The van der Waals surface area contributed by atoms with Crippen LogP contribution in [-0.4, -0.2) is 58.4 Å². The Morgan fingerprint density at radius 2 is 1.60 bits per heavy atom. The predicted molar refractivity (Wildman–Crippen MR) is 92.0 cm³/mol. The molecule has 25 heavy (non-hydrogen) atoms. The van der Waals surface area contributed by atoms with Gasteiger partial charge in [-0.15, -0.1) is 0 Å². The number of carbonyl (C=O) groups excluding carboxylic acids is 2. The van der Waals surface area contributed by atoms with E-state index in [1.165, 1.54) is 4.90 Å². The smallest absolute Gasteiger partial charge is 0.326 e. The maximum absolute atomic E-state index is 12.5. The van der Waals surface area contributed by atoms with Crippen LogP contribution in [0.3, 0.4) is 0 Å². The van der Waals surface area contributed by atoms with Crippen LogP contribution in [0.1, 0.15) is 36.8 Å². The molecule has 134 valence electrons. The lowest BCUT2D eigenvalue weighted by Gasteiger charge is -2.21. The van der Waals surface area contributed by atoms with Gasteiger partial charge in [-0.1, -0.05) is 24.3 Å². The van der Waals surface area contributed by atoms with E-state index in [0.717, 1.165) is 43.5 Å². The van der Waals surface area contributed by atoms with E-state index in [1.54, 1.807) is 0 Å². The molecule has 3 rings (SSSR count). The quantitative estimate of drug-likeness (QED) is 0.877. The fourth-order valence-corrected chi connectivity index (χ4v) is 3.70. The van der Waals surface area contributed by atoms with Gasteiger partial charge in [0, 0.05) is 19.6 Å². The van der Waals surface area contributed by atoms with Crippen molar-refractivity contribution in [3.8, 4) is 0 Å². The van der Waals surface area contributed by atoms with Crippen LogP contribution in [-0.2, 0) is 27.2 Å². The van der Waals surface area contributed by atoms with E-state index >= 15 is 0 Å². The molecule has 2 amide bonds. The van der Waals surface area contributed by atoms with Crippen molar-refractivity contribution >= 4 is 17.8 Å². The molecule has 0 spiro atoms. The van der Waals surface area contributed by atoms with Gasteiger partial charge in [-0.05, 0) is 36.8 Å². The minimum atomic E-state index is -0.934. The largest absolute Gasteiger partial charge is 0.480 e. The summed E-state index contributed by atoms with van der Waals surface area (Å²) in [6, 6.07) is 6.80. The molecule has 1 N–H and O–H groups in total. The third kappa shape index (κ3) is 4.18. The third-order valence-corrected chi connectivity index (χ3v) is 5.02. The Hall–Kier alpha value is -2.37. The molecule has 0 bridgehead atoms. The summed E-state index contributed by atoms with van der Waals surface area (Å²) in [7, 11) is 0. The Bertz CT molecular complexity index is 667. The van der Waals surface area contributed by atoms with Gasteiger partial charge in [0.2, 0.25) is 11.8 Å². The molecule has 0 aliphatic carbocycles. The molecular formula is C19H24N2O4. The summed E-state index contributed by atoms with van der Waals surface area (Å²) in [6.07, 6.45) is 3.92. The molecule has 0 aromatic heterocycles. The minimum absolute atomic E-state index is 0.131. The molecule has 2 aliphatic rings. The molecule has 1 atom stereocenters. The van der Waals surface area contributed by atoms with Crippen LogP contribution in [0.4, 0.5) is 0 Å². The Labute approximate surface area is 147 Å². The highest BCUT2D eigenvalue weighted by molar-refractivity contribution is 5.85. The number of nitrogens with zero attached hydrogens (tertiary/aromatic N) is 2. The van der Waals surface area contributed by atoms with E-state index in [4.69, 9.17) is 0 Å². The number of amides is 2. The second-order valence-electron chi connectivity index (χ2n) is 6.84. The van der Waals surface area contributed by atoms with Crippen molar-refractivity contribution < 1.29 is 19.5 Å². The second kappa shape index (κ2) is 7.68. The molecule has 1 aromatic rings. The number of carbonyl (C=O) groups is 3. The lowest BCUT2D eigenvalue weighted by molar-refractivity contribution is -0.148. The summed E-state index contributed by atoms with van der Waals surface area (Å²) in [5.74, 6) is -0.963. The highest BCUT2D eigenvalue weighted by Gasteiger charge is 2.33. The van der Waals surface area contributed by atoms with Crippen molar-refractivity contribution in [2.24, 2.45) is 0 Å². The zero-order chi connectivity index (χ0) is 17.8. The van der Waals surface area contributed by atoms with E-state index < -0.39 is 12.0 Å². The summed E-state index contributed by atoms with van der Waals surface area (Å²) >= 11 is 0. The fraction of sp³-hybridized carbons (Fsp3) is 0.526. The zero-order valence-corrected chi connectivity index (χ0v) is 14.3. The van der Waals surface area contributed by atoms with Gasteiger partial charge in [0.1, 0.15) is 6.04 Å². The molecule has 2 fully saturated rings. The normalized spacial score (nSPS) is 20.1. The van der Waals surface area contributed by atoms with E-state index in [1.807, 2.05) is 29.2 Å². The lowest BCUT2D eigenvalue weighted by atomic mass is 10.0. The zero-order valence-electron chi connectivity index (χ0n) is 14.3. The van der Waals surface area contributed by atoms with Gasteiger partial charge in [0.05, 0.1) is 12.8 Å². The number of carboxylic acid groups (broad SMARTS) is 1.